The Morgan fingerprint density at radius 3 is 2.56 bits per heavy atom. The van der Waals surface area contributed by atoms with E-state index in [2.05, 4.69) is 66.4 Å². The van der Waals surface area contributed by atoms with Gasteiger partial charge in [0.15, 0.2) is 5.96 Å². The molecule has 0 bridgehead atoms. The largest absolute Gasteiger partial charge is 0.355 e. The van der Waals surface area contributed by atoms with E-state index < -0.39 is 0 Å². The number of aliphatic imine (C=N–C) groups is 1. The van der Waals surface area contributed by atoms with Crippen LogP contribution in [-0.4, -0.2) is 33.7 Å². The highest BCUT2D eigenvalue weighted by molar-refractivity contribution is 14.0. The molecule has 2 aromatic heterocycles. The number of benzene rings is 1. The number of guanidine groups is 1. The van der Waals surface area contributed by atoms with Gasteiger partial charge in [0.05, 0.1) is 0 Å². The highest BCUT2D eigenvalue weighted by atomic mass is 127. The first kappa shape index (κ1) is 21.0. The van der Waals surface area contributed by atoms with Crippen molar-refractivity contribution in [3.05, 3.63) is 78.1 Å². The van der Waals surface area contributed by atoms with E-state index in [1.807, 2.05) is 31.5 Å². The second-order valence-electron chi connectivity index (χ2n) is 6.20. The van der Waals surface area contributed by atoms with Crippen LogP contribution < -0.4 is 10.6 Å². The minimum absolute atomic E-state index is 0. The average molecular weight is 478 g/mol. The van der Waals surface area contributed by atoms with Gasteiger partial charge in [0, 0.05) is 58.0 Å². The maximum Gasteiger partial charge on any atom is 0.191 e. The summed E-state index contributed by atoms with van der Waals surface area (Å²) in [6.07, 6.45) is 7.97. The fourth-order valence-electron chi connectivity index (χ4n) is 2.83. The molecule has 2 heterocycles. The fraction of sp³-hybridized carbons (Fsp3) is 0.300. The van der Waals surface area contributed by atoms with Crippen molar-refractivity contribution in [3.8, 4) is 0 Å². The van der Waals surface area contributed by atoms with E-state index in [1.54, 1.807) is 7.05 Å². The van der Waals surface area contributed by atoms with Gasteiger partial charge in [0.2, 0.25) is 0 Å². The zero-order valence-electron chi connectivity index (χ0n) is 15.8. The SMILES string of the molecule is CN=C(NCCn1cccc1)NCc1cccc(Cn2ccnc2C)c1.I. The molecule has 0 spiro atoms. The Labute approximate surface area is 177 Å². The molecule has 2 N–H and O–H groups in total. The van der Waals surface area contributed by atoms with E-state index in [1.165, 1.54) is 11.1 Å². The third-order valence-electron chi connectivity index (χ3n) is 4.28. The van der Waals surface area contributed by atoms with Gasteiger partial charge in [-0.1, -0.05) is 24.3 Å². The van der Waals surface area contributed by atoms with Crippen LogP contribution in [0.3, 0.4) is 0 Å². The molecule has 1 aromatic carbocycles. The van der Waals surface area contributed by atoms with Crippen LogP contribution in [0.5, 0.6) is 0 Å². The van der Waals surface area contributed by atoms with Crippen LogP contribution in [-0.2, 0) is 19.6 Å². The van der Waals surface area contributed by atoms with Crippen LogP contribution in [0.1, 0.15) is 17.0 Å². The van der Waals surface area contributed by atoms with Crippen molar-refractivity contribution in [2.45, 2.75) is 26.6 Å². The molecule has 0 radical (unpaired) electrons. The molecule has 6 nitrogen and oxygen atoms in total. The number of nitrogens with zero attached hydrogens (tertiary/aromatic N) is 4. The molecule has 144 valence electrons. The van der Waals surface area contributed by atoms with E-state index in [-0.39, 0.29) is 24.0 Å². The number of aryl methyl sites for hydroxylation is 1. The summed E-state index contributed by atoms with van der Waals surface area (Å²) in [7, 11) is 1.79. The number of aromatic nitrogens is 3. The third kappa shape index (κ3) is 6.42. The zero-order valence-corrected chi connectivity index (χ0v) is 18.1. The predicted molar refractivity (Wildman–Crippen MR) is 121 cm³/mol. The van der Waals surface area contributed by atoms with Crippen molar-refractivity contribution < 1.29 is 0 Å². The van der Waals surface area contributed by atoms with E-state index in [4.69, 9.17) is 0 Å². The van der Waals surface area contributed by atoms with Gasteiger partial charge in [0.1, 0.15) is 5.82 Å². The van der Waals surface area contributed by atoms with Crippen molar-refractivity contribution in [2.75, 3.05) is 13.6 Å². The monoisotopic (exact) mass is 478 g/mol. The molecule has 0 fully saturated rings. The summed E-state index contributed by atoms with van der Waals surface area (Å²) in [4.78, 5) is 8.57. The molecular formula is C20H27IN6. The van der Waals surface area contributed by atoms with Crippen molar-refractivity contribution >= 4 is 29.9 Å². The summed E-state index contributed by atoms with van der Waals surface area (Å²) >= 11 is 0. The normalized spacial score (nSPS) is 11.1. The van der Waals surface area contributed by atoms with Gasteiger partial charge >= 0.3 is 0 Å². The lowest BCUT2D eigenvalue weighted by molar-refractivity contribution is 0.665. The Morgan fingerprint density at radius 1 is 1.07 bits per heavy atom. The maximum absolute atomic E-state index is 4.29. The molecule has 0 atom stereocenters. The van der Waals surface area contributed by atoms with Gasteiger partial charge in [-0.25, -0.2) is 4.98 Å². The van der Waals surface area contributed by atoms with Crippen molar-refractivity contribution in [1.29, 1.82) is 0 Å². The topological polar surface area (TPSA) is 59.2 Å². The predicted octanol–water partition coefficient (Wildman–Crippen LogP) is 3.02. The van der Waals surface area contributed by atoms with Crippen LogP contribution in [0, 0.1) is 6.92 Å². The first-order chi connectivity index (χ1) is 12.7. The maximum atomic E-state index is 4.29. The zero-order chi connectivity index (χ0) is 18.2. The standard InChI is InChI=1S/C20H26N6.HI/c1-17-22-9-13-26(17)16-19-7-5-6-18(14-19)15-24-20(21-2)23-8-12-25-10-3-4-11-25;/h3-7,9-11,13-14H,8,12,15-16H2,1-2H3,(H2,21,23,24);1H. The Hall–Kier alpha value is -2.29. The molecule has 0 aliphatic carbocycles. The van der Waals surface area contributed by atoms with Gasteiger partial charge in [-0.3, -0.25) is 4.99 Å². The minimum Gasteiger partial charge on any atom is -0.355 e. The Bertz CT molecular complexity index is 838. The number of hydrogen-bond acceptors (Lipinski definition) is 2. The summed E-state index contributed by atoms with van der Waals surface area (Å²) in [5.74, 6) is 1.84. The summed E-state index contributed by atoms with van der Waals surface area (Å²) in [6.45, 7) is 5.33. The Balaban J connectivity index is 0.00000261. The Morgan fingerprint density at radius 2 is 1.85 bits per heavy atom. The van der Waals surface area contributed by atoms with Crippen molar-refractivity contribution in [2.24, 2.45) is 4.99 Å². The van der Waals surface area contributed by atoms with Gasteiger partial charge < -0.3 is 19.8 Å². The van der Waals surface area contributed by atoms with Crippen LogP contribution in [0.15, 0.2) is 66.2 Å². The van der Waals surface area contributed by atoms with Crippen LogP contribution >= 0.6 is 24.0 Å². The number of halogens is 1. The minimum atomic E-state index is 0. The quantitative estimate of drug-likeness (QED) is 0.312. The van der Waals surface area contributed by atoms with Crippen LogP contribution in [0.4, 0.5) is 0 Å². The molecule has 0 unspecified atom stereocenters. The lowest BCUT2D eigenvalue weighted by atomic mass is 10.1. The molecule has 3 rings (SSSR count). The molecular weight excluding hydrogens is 451 g/mol. The summed E-state index contributed by atoms with van der Waals surface area (Å²) < 4.78 is 4.29. The highest BCUT2D eigenvalue weighted by Crippen LogP contribution is 2.08. The van der Waals surface area contributed by atoms with Crippen molar-refractivity contribution in [3.63, 3.8) is 0 Å². The first-order valence-corrected chi connectivity index (χ1v) is 8.85. The van der Waals surface area contributed by atoms with Gasteiger partial charge in [0.25, 0.3) is 0 Å². The summed E-state index contributed by atoms with van der Waals surface area (Å²) in [5.41, 5.74) is 2.49. The van der Waals surface area contributed by atoms with E-state index in [9.17, 15) is 0 Å². The lowest BCUT2D eigenvalue weighted by Crippen LogP contribution is -2.38. The van der Waals surface area contributed by atoms with Crippen LogP contribution in [0.25, 0.3) is 0 Å². The van der Waals surface area contributed by atoms with Gasteiger partial charge in [-0.15, -0.1) is 24.0 Å². The molecule has 0 aliphatic rings. The highest BCUT2D eigenvalue weighted by Gasteiger charge is 2.02. The number of hydrogen-bond donors (Lipinski definition) is 2. The van der Waals surface area contributed by atoms with Crippen molar-refractivity contribution in [1.82, 2.24) is 24.8 Å². The van der Waals surface area contributed by atoms with Gasteiger partial charge in [-0.05, 0) is 30.2 Å². The Kier molecular flexibility index (Phi) is 8.38. The van der Waals surface area contributed by atoms with E-state index >= 15 is 0 Å². The number of imidazole rings is 1. The molecule has 7 heteroatoms. The molecule has 0 amide bonds. The molecule has 0 aliphatic heterocycles. The first-order valence-electron chi connectivity index (χ1n) is 8.85. The molecule has 0 saturated heterocycles. The van der Waals surface area contributed by atoms with Gasteiger partial charge in [-0.2, -0.15) is 0 Å². The summed E-state index contributed by atoms with van der Waals surface area (Å²) in [5, 5.41) is 6.72. The van der Waals surface area contributed by atoms with E-state index in [0.717, 1.165) is 38.0 Å². The smallest absolute Gasteiger partial charge is 0.191 e. The summed E-state index contributed by atoms with van der Waals surface area (Å²) in [6, 6.07) is 12.7. The molecule has 27 heavy (non-hydrogen) atoms. The van der Waals surface area contributed by atoms with E-state index in [0.29, 0.717) is 0 Å². The fourth-order valence-corrected chi connectivity index (χ4v) is 2.83. The molecule has 3 aromatic rings. The number of rotatable bonds is 7. The second-order valence-corrected chi connectivity index (χ2v) is 6.20. The third-order valence-corrected chi connectivity index (χ3v) is 4.28. The average Bonchev–Trinajstić information content (AvgIpc) is 3.31. The second kappa shape index (κ2) is 10.8. The molecule has 0 saturated carbocycles. The number of nitrogens with one attached hydrogen (secondary N) is 2. The lowest BCUT2D eigenvalue weighted by Gasteiger charge is -2.13. The van der Waals surface area contributed by atoms with Crippen LogP contribution in [0.2, 0.25) is 0 Å².